The molecule has 1 aromatic heterocycles. The predicted molar refractivity (Wildman–Crippen MR) is 69.3 cm³/mol. The highest BCUT2D eigenvalue weighted by atomic mass is 15.0. The number of hydrogen-bond acceptors (Lipinski definition) is 1. The number of nitrogens with zero attached hydrogens (tertiary/aromatic N) is 1. The first-order valence-electron chi connectivity index (χ1n) is 5.99. The van der Waals surface area contributed by atoms with E-state index < -0.39 is 0 Å². The van der Waals surface area contributed by atoms with Gasteiger partial charge >= 0.3 is 0 Å². The van der Waals surface area contributed by atoms with Gasteiger partial charge in [-0.3, -0.25) is 0 Å². The molecule has 0 amide bonds. The van der Waals surface area contributed by atoms with E-state index in [0.717, 1.165) is 12.5 Å². The van der Waals surface area contributed by atoms with Crippen LogP contribution in [0.5, 0.6) is 0 Å². The third-order valence-corrected chi connectivity index (χ3v) is 3.04. The standard InChI is InChI=1S/C14H20N2/c1-11(2)7-8-16-10-12(9-15)13-5-3-4-6-14(13)16/h3-6,10-11H,7-9,15H2,1-2H3. The van der Waals surface area contributed by atoms with Gasteiger partial charge in [-0.25, -0.2) is 0 Å². The van der Waals surface area contributed by atoms with E-state index >= 15 is 0 Å². The van der Waals surface area contributed by atoms with Gasteiger partial charge in [0, 0.05) is 30.2 Å². The second kappa shape index (κ2) is 4.71. The molecule has 0 spiro atoms. The van der Waals surface area contributed by atoms with Crippen LogP contribution in [0.2, 0.25) is 0 Å². The third kappa shape index (κ3) is 2.12. The van der Waals surface area contributed by atoms with Crippen molar-refractivity contribution in [3.05, 3.63) is 36.0 Å². The number of rotatable bonds is 4. The average molecular weight is 216 g/mol. The third-order valence-electron chi connectivity index (χ3n) is 3.04. The molecule has 2 N–H and O–H groups in total. The molecule has 0 saturated heterocycles. The number of benzene rings is 1. The molecular weight excluding hydrogens is 196 g/mol. The average Bonchev–Trinajstić information content (AvgIpc) is 2.65. The maximum atomic E-state index is 5.77. The van der Waals surface area contributed by atoms with Crippen molar-refractivity contribution in [1.82, 2.24) is 4.57 Å². The van der Waals surface area contributed by atoms with Crippen molar-refractivity contribution in [3.8, 4) is 0 Å². The molecule has 0 aliphatic carbocycles. The Morgan fingerprint density at radius 1 is 1.25 bits per heavy atom. The van der Waals surface area contributed by atoms with Gasteiger partial charge in [-0.2, -0.15) is 0 Å². The molecule has 0 aliphatic rings. The zero-order valence-electron chi connectivity index (χ0n) is 10.1. The predicted octanol–water partition coefficient (Wildman–Crippen LogP) is 3.15. The van der Waals surface area contributed by atoms with Crippen molar-refractivity contribution in [2.45, 2.75) is 33.4 Å². The van der Waals surface area contributed by atoms with E-state index in [2.05, 4.69) is 48.9 Å². The van der Waals surface area contributed by atoms with Crippen LogP contribution in [0.1, 0.15) is 25.8 Å². The molecule has 0 atom stereocenters. The van der Waals surface area contributed by atoms with Gasteiger partial charge in [0.05, 0.1) is 0 Å². The number of para-hydroxylation sites is 1. The summed E-state index contributed by atoms with van der Waals surface area (Å²) in [6.45, 7) is 6.22. The SMILES string of the molecule is CC(C)CCn1cc(CN)c2ccccc21. The van der Waals surface area contributed by atoms with E-state index in [4.69, 9.17) is 5.73 Å². The highest BCUT2D eigenvalue weighted by Crippen LogP contribution is 2.21. The monoisotopic (exact) mass is 216 g/mol. The number of hydrogen-bond donors (Lipinski definition) is 1. The maximum Gasteiger partial charge on any atom is 0.0483 e. The lowest BCUT2D eigenvalue weighted by atomic mass is 10.1. The lowest BCUT2D eigenvalue weighted by Crippen LogP contribution is -2.00. The number of aryl methyl sites for hydroxylation is 1. The van der Waals surface area contributed by atoms with Crippen molar-refractivity contribution in [2.75, 3.05) is 0 Å². The van der Waals surface area contributed by atoms with Gasteiger partial charge in [-0.15, -0.1) is 0 Å². The number of nitrogens with two attached hydrogens (primary N) is 1. The largest absolute Gasteiger partial charge is 0.347 e. The highest BCUT2D eigenvalue weighted by Gasteiger charge is 2.06. The second-order valence-electron chi connectivity index (χ2n) is 4.75. The van der Waals surface area contributed by atoms with E-state index in [1.807, 2.05) is 0 Å². The van der Waals surface area contributed by atoms with E-state index in [1.165, 1.54) is 22.9 Å². The van der Waals surface area contributed by atoms with Gasteiger partial charge in [0.25, 0.3) is 0 Å². The number of aromatic nitrogens is 1. The van der Waals surface area contributed by atoms with Crippen molar-refractivity contribution in [3.63, 3.8) is 0 Å². The maximum absolute atomic E-state index is 5.77. The van der Waals surface area contributed by atoms with Crippen LogP contribution in [0.4, 0.5) is 0 Å². The molecule has 2 heteroatoms. The van der Waals surface area contributed by atoms with Crippen LogP contribution in [-0.2, 0) is 13.1 Å². The molecule has 2 rings (SSSR count). The van der Waals surface area contributed by atoms with Gasteiger partial charge in [-0.05, 0) is 24.0 Å². The van der Waals surface area contributed by atoms with Crippen molar-refractivity contribution in [2.24, 2.45) is 11.7 Å². The molecule has 0 fully saturated rings. The lowest BCUT2D eigenvalue weighted by molar-refractivity contribution is 0.524. The fraction of sp³-hybridized carbons (Fsp3) is 0.429. The second-order valence-corrected chi connectivity index (χ2v) is 4.75. The fourth-order valence-electron chi connectivity index (χ4n) is 2.07. The summed E-state index contributed by atoms with van der Waals surface area (Å²) in [4.78, 5) is 0. The van der Waals surface area contributed by atoms with E-state index in [-0.39, 0.29) is 0 Å². The zero-order chi connectivity index (χ0) is 11.5. The van der Waals surface area contributed by atoms with Crippen LogP contribution in [-0.4, -0.2) is 4.57 Å². The van der Waals surface area contributed by atoms with Crippen molar-refractivity contribution in [1.29, 1.82) is 0 Å². The molecule has 86 valence electrons. The normalized spacial score (nSPS) is 11.5. The molecule has 0 unspecified atom stereocenters. The lowest BCUT2D eigenvalue weighted by Gasteiger charge is -2.07. The van der Waals surface area contributed by atoms with Crippen LogP contribution >= 0.6 is 0 Å². The Hall–Kier alpha value is -1.28. The Morgan fingerprint density at radius 3 is 2.69 bits per heavy atom. The number of fused-ring (bicyclic) bond motifs is 1. The molecular formula is C14H20N2. The molecule has 2 nitrogen and oxygen atoms in total. The van der Waals surface area contributed by atoms with Gasteiger partial charge < -0.3 is 10.3 Å². The molecule has 0 saturated carbocycles. The first-order valence-corrected chi connectivity index (χ1v) is 5.99. The Morgan fingerprint density at radius 2 is 2.00 bits per heavy atom. The van der Waals surface area contributed by atoms with Gasteiger partial charge in [0.2, 0.25) is 0 Å². The van der Waals surface area contributed by atoms with Crippen LogP contribution in [0.15, 0.2) is 30.5 Å². The summed E-state index contributed by atoms with van der Waals surface area (Å²) in [5.41, 5.74) is 8.33. The first-order chi connectivity index (χ1) is 7.72. The molecule has 2 aromatic rings. The highest BCUT2D eigenvalue weighted by molar-refractivity contribution is 5.83. The topological polar surface area (TPSA) is 30.9 Å². The van der Waals surface area contributed by atoms with Crippen LogP contribution in [0.25, 0.3) is 10.9 Å². The Balaban J connectivity index is 2.37. The van der Waals surface area contributed by atoms with E-state index in [0.29, 0.717) is 6.54 Å². The minimum Gasteiger partial charge on any atom is -0.347 e. The summed E-state index contributed by atoms with van der Waals surface area (Å²) in [5, 5.41) is 1.30. The fourth-order valence-corrected chi connectivity index (χ4v) is 2.07. The van der Waals surface area contributed by atoms with Crippen molar-refractivity contribution >= 4 is 10.9 Å². The molecule has 0 aliphatic heterocycles. The van der Waals surface area contributed by atoms with E-state index in [1.54, 1.807) is 0 Å². The van der Waals surface area contributed by atoms with E-state index in [9.17, 15) is 0 Å². The quantitative estimate of drug-likeness (QED) is 0.836. The van der Waals surface area contributed by atoms with Crippen LogP contribution in [0.3, 0.4) is 0 Å². The van der Waals surface area contributed by atoms with Crippen LogP contribution < -0.4 is 5.73 Å². The summed E-state index contributed by atoms with van der Waals surface area (Å²) in [6.07, 6.45) is 3.41. The van der Waals surface area contributed by atoms with Crippen LogP contribution in [0, 0.1) is 5.92 Å². The summed E-state index contributed by atoms with van der Waals surface area (Å²) in [6, 6.07) is 8.50. The summed E-state index contributed by atoms with van der Waals surface area (Å²) in [7, 11) is 0. The minimum absolute atomic E-state index is 0.620. The van der Waals surface area contributed by atoms with Gasteiger partial charge in [0.1, 0.15) is 0 Å². The Kier molecular flexibility index (Phi) is 3.30. The van der Waals surface area contributed by atoms with Crippen molar-refractivity contribution < 1.29 is 0 Å². The molecule has 16 heavy (non-hydrogen) atoms. The molecule has 0 radical (unpaired) electrons. The molecule has 1 aromatic carbocycles. The summed E-state index contributed by atoms with van der Waals surface area (Å²) in [5.74, 6) is 0.738. The summed E-state index contributed by atoms with van der Waals surface area (Å²) >= 11 is 0. The first kappa shape index (κ1) is 11.2. The Labute approximate surface area is 97.1 Å². The van der Waals surface area contributed by atoms with Gasteiger partial charge in [0.15, 0.2) is 0 Å². The zero-order valence-corrected chi connectivity index (χ0v) is 10.1. The molecule has 1 heterocycles. The van der Waals surface area contributed by atoms with Gasteiger partial charge in [-0.1, -0.05) is 32.0 Å². The smallest absolute Gasteiger partial charge is 0.0483 e. The minimum atomic E-state index is 0.620. The molecule has 0 bridgehead atoms. The Bertz CT molecular complexity index is 469. The summed E-state index contributed by atoms with van der Waals surface area (Å²) < 4.78 is 2.33.